The van der Waals surface area contributed by atoms with Crippen LogP contribution in [0.3, 0.4) is 0 Å². The molecule has 0 bridgehead atoms. The van der Waals surface area contributed by atoms with Crippen LogP contribution in [-0.2, 0) is 14.8 Å². The summed E-state index contributed by atoms with van der Waals surface area (Å²) in [5.41, 5.74) is 0. The number of likely N-dealkylation sites (tertiary alicyclic amines) is 1. The van der Waals surface area contributed by atoms with E-state index >= 15 is 0 Å². The van der Waals surface area contributed by atoms with Crippen molar-refractivity contribution in [3.8, 4) is 0 Å². The molecule has 3 rings (SSSR count). The molecule has 0 aromatic carbocycles. The van der Waals surface area contributed by atoms with Crippen LogP contribution in [0.4, 0.5) is 0 Å². The van der Waals surface area contributed by atoms with Gasteiger partial charge < -0.3 is 4.90 Å². The van der Waals surface area contributed by atoms with E-state index in [-0.39, 0.29) is 11.8 Å². The summed E-state index contributed by atoms with van der Waals surface area (Å²) in [4.78, 5) is 14.7. The lowest BCUT2D eigenvalue weighted by Crippen LogP contribution is -2.48. The van der Waals surface area contributed by atoms with Gasteiger partial charge in [-0.3, -0.25) is 4.79 Å². The maximum absolute atomic E-state index is 12.8. The van der Waals surface area contributed by atoms with Crippen LogP contribution >= 0.6 is 27.3 Å². The Balaban J connectivity index is 1.69. The van der Waals surface area contributed by atoms with Gasteiger partial charge in [0.2, 0.25) is 5.91 Å². The molecule has 0 saturated carbocycles. The van der Waals surface area contributed by atoms with E-state index in [1.807, 2.05) is 4.90 Å². The average Bonchev–Trinajstić information content (AvgIpc) is 3.02. The molecule has 8 heteroatoms. The maximum atomic E-state index is 12.8. The van der Waals surface area contributed by atoms with Gasteiger partial charge in [0.15, 0.2) is 0 Å². The molecule has 134 valence electrons. The molecule has 24 heavy (non-hydrogen) atoms. The Bertz CT molecular complexity index is 696. The van der Waals surface area contributed by atoms with Gasteiger partial charge in [0.1, 0.15) is 4.21 Å². The van der Waals surface area contributed by atoms with Crippen LogP contribution < -0.4 is 0 Å². The molecular formula is C16H23BrN2O3S2. The second-order valence-electron chi connectivity index (χ2n) is 6.77. The Hall–Kier alpha value is -0.440. The van der Waals surface area contributed by atoms with Crippen LogP contribution in [0.25, 0.3) is 0 Å². The number of halogens is 1. The summed E-state index contributed by atoms with van der Waals surface area (Å²) in [5, 5.41) is 0. The highest BCUT2D eigenvalue weighted by Gasteiger charge is 2.36. The molecule has 2 fully saturated rings. The highest BCUT2D eigenvalue weighted by molar-refractivity contribution is 9.11. The first kappa shape index (κ1) is 18.4. The van der Waals surface area contributed by atoms with Gasteiger partial charge in [-0.1, -0.05) is 6.92 Å². The van der Waals surface area contributed by atoms with Gasteiger partial charge in [-0.25, -0.2) is 8.42 Å². The Morgan fingerprint density at radius 2 is 1.92 bits per heavy atom. The van der Waals surface area contributed by atoms with Gasteiger partial charge in [0.05, 0.1) is 9.70 Å². The topological polar surface area (TPSA) is 57.7 Å². The van der Waals surface area contributed by atoms with Crippen LogP contribution in [0.1, 0.15) is 32.6 Å². The first-order valence-electron chi connectivity index (χ1n) is 8.42. The van der Waals surface area contributed by atoms with Gasteiger partial charge in [-0.2, -0.15) is 4.31 Å². The second kappa shape index (κ2) is 7.43. The van der Waals surface area contributed by atoms with Crippen LogP contribution in [0.2, 0.25) is 0 Å². The number of nitrogens with zero attached hydrogens (tertiary/aromatic N) is 2. The van der Waals surface area contributed by atoms with Crippen molar-refractivity contribution in [2.45, 2.75) is 36.8 Å². The molecular weight excluding hydrogens is 412 g/mol. The van der Waals surface area contributed by atoms with Crippen LogP contribution in [0.5, 0.6) is 0 Å². The summed E-state index contributed by atoms with van der Waals surface area (Å²) in [5.74, 6) is 0.606. The van der Waals surface area contributed by atoms with E-state index in [9.17, 15) is 13.2 Å². The number of amides is 1. The molecule has 0 spiro atoms. The van der Waals surface area contributed by atoms with Crippen LogP contribution in [0, 0.1) is 11.8 Å². The molecule has 1 aromatic heterocycles. The van der Waals surface area contributed by atoms with Crippen molar-refractivity contribution in [3.05, 3.63) is 15.9 Å². The van der Waals surface area contributed by atoms with Crippen molar-refractivity contribution >= 4 is 43.2 Å². The van der Waals surface area contributed by atoms with Crippen LogP contribution in [-0.4, -0.2) is 49.7 Å². The molecule has 0 radical (unpaired) electrons. The second-order valence-corrected chi connectivity index (χ2v) is 11.4. The van der Waals surface area contributed by atoms with E-state index in [1.54, 1.807) is 12.1 Å². The molecule has 0 aliphatic carbocycles. The van der Waals surface area contributed by atoms with E-state index in [0.29, 0.717) is 23.2 Å². The Labute approximate surface area is 156 Å². The van der Waals surface area contributed by atoms with Crippen molar-refractivity contribution < 1.29 is 13.2 Å². The first-order valence-corrected chi connectivity index (χ1v) is 11.5. The lowest BCUT2D eigenvalue weighted by atomic mass is 9.94. The highest BCUT2D eigenvalue weighted by atomic mass is 79.9. The van der Waals surface area contributed by atoms with E-state index in [4.69, 9.17) is 0 Å². The highest BCUT2D eigenvalue weighted by Crippen LogP contribution is 2.31. The van der Waals surface area contributed by atoms with E-state index in [0.717, 1.165) is 42.6 Å². The standard InChI is InChI=1S/C16H23BrN2O3S2/c1-12-6-9-18(10-7-12)16(20)13-3-2-8-19(11-13)24(21,22)15-5-4-14(17)23-15/h4-5,12-13H,2-3,6-11H2,1H3/t13-/m0/s1. The van der Waals surface area contributed by atoms with Gasteiger partial charge >= 0.3 is 0 Å². The number of hydrogen-bond acceptors (Lipinski definition) is 4. The molecule has 0 N–H and O–H groups in total. The van der Waals surface area contributed by atoms with Gasteiger partial charge in [0.25, 0.3) is 10.0 Å². The number of rotatable bonds is 3. The summed E-state index contributed by atoms with van der Waals surface area (Å²) in [6, 6.07) is 3.38. The fraction of sp³-hybridized carbons (Fsp3) is 0.688. The minimum atomic E-state index is -3.50. The predicted octanol–water partition coefficient (Wildman–Crippen LogP) is 3.17. The number of carbonyl (C=O) groups is 1. The minimum absolute atomic E-state index is 0.133. The number of thiophene rings is 1. The SMILES string of the molecule is CC1CCN(C(=O)[C@H]2CCCN(S(=O)(=O)c3ccc(Br)s3)C2)CC1. The predicted molar refractivity (Wildman–Crippen MR) is 98.5 cm³/mol. The van der Waals surface area contributed by atoms with Crippen molar-refractivity contribution in [3.63, 3.8) is 0 Å². The average molecular weight is 435 g/mol. The normalized spacial score (nSPS) is 24.2. The molecule has 2 aliphatic heterocycles. The third kappa shape index (κ3) is 3.86. The minimum Gasteiger partial charge on any atom is -0.342 e. The van der Waals surface area contributed by atoms with Crippen molar-refractivity contribution in [1.29, 1.82) is 0 Å². The fourth-order valence-corrected chi connectivity index (χ4v) is 7.10. The van der Waals surface area contributed by atoms with E-state index in [2.05, 4.69) is 22.9 Å². The smallest absolute Gasteiger partial charge is 0.252 e. The quantitative estimate of drug-likeness (QED) is 0.733. The number of sulfonamides is 1. The van der Waals surface area contributed by atoms with E-state index in [1.165, 1.54) is 15.6 Å². The van der Waals surface area contributed by atoms with Gasteiger partial charge in [0, 0.05) is 26.2 Å². The van der Waals surface area contributed by atoms with E-state index < -0.39 is 10.0 Å². The zero-order valence-electron chi connectivity index (χ0n) is 13.8. The fourth-order valence-electron chi connectivity index (χ4n) is 3.41. The Morgan fingerprint density at radius 3 is 2.54 bits per heavy atom. The number of piperidine rings is 2. The van der Waals surface area contributed by atoms with Crippen molar-refractivity contribution in [2.24, 2.45) is 11.8 Å². The summed E-state index contributed by atoms with van der Waals surface area (Å²) in [6.45, 7) is 4.64. The summed E-state index contributed by atoms with van der Waals surface area (Å²) >= 11 is 4.53. The molecule has 1 aromatic rings. The molecule has 1 amide bonds. The molecule has 0 unspecified atom stereocenters. The molecule has 2 saturated heterocycles. The Kier molecular flexibility index (Phi) is 5.68. The van der Waals surface area contributed by atoms with Gasteiger partial charge in [-0.05, 0) is 59.7 Å². The molecule has 2 aliphatic rings. The van der Waals surface area contributed by atoms with Crippen LogP contribution in [0.15, 0.2) is 20.1 Å². The van der Waals surface area contributed by atoms with Gasteiger partial charge in [-0.15, -0.1) is 11.3 Å². The Morgan fingerprint density at radius 1 is 1.21 bits per heavy atom. The third-order valence-corrected chi connectivity index (χ3v) is 8.93. The van der Waals surface area contributed by atoms with Crippen molar-refractivity contribution in [2.75, 3.05) is 26.2 Å². The third-order valence-electron chi connectivity index (χ3n) is 4.97. The largest absolute Gasteiger partial charge is 0.342 e. The number of hydrogen-bond donors (Lipinski definition) is 0. The molecule has 5 nitrogen and oxygen atoms in total. The summed E-state index contributed by atoms with van der Waals surface area (Å²) in [7, 11) is -3.50. The number of carbonyl (C=O) groups excluding carboxylic acids is 1. The zero-order valence-corrected chi connectivity index (χ0v) is 17.0. The monoisotopic (exact) mass is 434 g/mol. The molecule has 1 atom stereocenters. The lowest BCUT2D eigenvalue weighted by molar-refractivity contribution is -0.138. The van der Waals surface area contributed by atoms with Crippen molar-refractivity contribution in [1.82, 2.24) is 9.21 Å². The maximum Gasteiger partial charge on any atom is 0.252 e. The summed E-state index contributed by atoms with van der Waals surface area (Å²) in [6.07, 6.45) is 3.62. The zero-order chi connectivity index (χ0) is 17.3. The first-order chi connectivity index (χ1) is 11.4. The summed E-state index contributed by atoms with van der Waals surface area (Å²) < 4.78 is 28.2. The molecule has 3 heterocycles. The lowest BCUT2D eigenvalue weighted by Gasteiger charge is -2.36.